The molecule has 8 heteroatoms. The number of hydrogen-bond acceptors (Lipinski definition) is 6. The lowest BCUT2D eigenvalue weighted by Crippen LogP contribution is -2.43. The number of benzene rings is 1. The van der Waals surface area contributed by atoms with E-state index in [-0.39, 0.29) is 17.8 Å². The number of piperidine rings is 1. The maximum absolute atomic E-state index is 13.7. The van der Waals surface area contributed by atoms with Gasteiger partial charge in [-0.05, 0) is 49.9 Å². The first kappa shape index (κ1) is 19.3. The molecule has 7 nitrogen and oxygen atoms in total. The summed E-state index contributed by atoms with van der Waals surface area (Å²) >= 11 is 0. The maximum Gasteiger partial charge on any atom is 0.163 e. The summed E-state index contributed by atoms with van der Waals surface area (Å²) in [6, 6.07) is 8.28. The molecular weight excluding hydrogens is 383 g/mol. The Morgan fingerprint density at radius 2 is 2.13 bits per heavy atom. The fourth-order valence-electron chi connectivity index (χ4n) is 4.25. The molecule has 0 unspecified atom stereocenters. The van der Waals surface area contributed by atoms with Gasteiger partial charge < -0.3 is 21.1 Å². The summed E-state index contributed by atoms with van der Waals surface area (Å²) in [7, 11) is 0. The highest BCUT2D eigenvalue weighted by molar-refractivity contribution is 5.66. The zero-order chi connectivity index (χ0) is 20.5. The molecule has 0 bridgehead atoms. The molecule has 1 aliphatic carbocycles. The van der Waals surface area contributed by atoms with Crippen molar-refractivity contribution in [3.05, 3.63) is 47.9 Å². The number of halogens is 1. The maximum atomic E-state index is 13.7. The quantitative estimate of drug-likeness (QED) is 0.499. The first-order chi connectivity index (χ1) is 14.7. The minimum atomic E-state index is -0.361. The van der Waals surface area contributed by atoms with Crippen molar-refractivity contribution >= 4 is 23.0 Å². The van der Waals surface area contributed by atoms with Gasteiger partial charge in [-0.2, -0.15) is 9.61 Å². The standard InChI is InChI=1S/C22H27FN6O/c23-16-5-2-6-17(9-16)27-21-10-20(25-11-15-7-8-24-13-19(15)30)28-22-18(12-26-29(21)22)14-3-1-4-14/h2,5-6,9-10,12,14-15,19,24,27,30H,1,3-4,7-8,11,13H2,(H,25,28)/t15-,19+/m0/s1. The number of aliphatic hydroxyl groups is 1. The van der Waals surface area contributed by atoms with Gasteiger partial charge in [0.25, 0.3) is 0 Å². The number of nitrogens with zero attached hydrogens (tertiary/aromatic N) is 3. The summed E-state index contributed by atoms with van der Waals surface area (Å²) in [5.41, 5.74) is 2.64. The molecule has 5 rings (SSSR count). The highest BCUT2D eigenvalue weighted by atomic mass is 19.1. The summed E-state index contributed by atoms with van der Waals surface area (Å²) in [5.74, 6) is 1.84. The summed E-state index contributed by atoms with van der Waals surface area (Å²) in [6.07, 6.45) is 6.03. The van der Waals surface area contributed by atoms with Crippen molar-refractivity contribution in [2.45, 2.75) is 37.7 Å². The van der Waals surface area contributed by atoms with Crippen molar-refractivity contribution in [3.8, 4) is 0 Å². The van der Waals surface area contributed by atoms with Gasteiger partial charge in [-0.3, -0.25) is 0 Å². The van der Waals surface area contributed by atoms with E-state index in [0.29, 0.717) is 24.7 Å². The Kier molecular flexibility index (Phi) is 5.26. The van der Waals surface area contributed by atoms with Crippen LogP contribution in [0.1, 0.15) is 37.2 Å². The molecule has 1 aliphatic heterocycles. The zero-order valence-electron chi connectivity index (χ0n) is 16.8. The molecule has 1 saturated heterocycles. The summed E-state index contributed by atoms with van der Waals surface area (Å²) < 4.78 is 15.5. The average Bonchev–Trinajstić information content (AvgIpc) is 3.10. The van der Waals surface area contributed by atoms with E-state index in [1.54, 1.807) is 10.6 Å². The Hall–Kier alpha value is -2.71. The van der Waals surface area contributed by atoms with E-state index in [9.17, 15) is 9.50 Å². The molecule has 30 heavy (non-hydrogen) atoms. The van der Waals surface area contributed by atoms with Gasteiger partial charge in [0, 0.05) is 36.3 Å². The Labute approximate surface area is 174 Å². The van der Waals surface area contributed by atoms with Crippen LogP contribution in [0.4, 0.5) is 21.7 Å². The first-order valence-electron chi connectivity index (χ1n) is 10.7. The van der Waals surface area contributed by atoms with Crippen LogP contribution in [0.5, 0.6) is 0 Å². The van der Waals surface area contributed by atoms with Crippen LogP contribution in [-0.2, 0) is 0 Å². The lowest BCUT2D eigenvalue weighted by Gasteiger charge is -2.28. The number of aliphatic hydroxyl groups excluding tert-OH is 1. The van der Waals surface area contributed by atoms with E-state index in [2.05, 4.69) is 21.0 Å². The van der Waals surface area contributed by atoms with Gasteiger partial charge in [-0.1, -0.05) is 12.5 Å². The molecular formula is C22H27FN6O. The number of nitrogens with one attached hydrogen (secondary N) is 3. The molecule has 2 aromatic heterocycles. The fourth-order valence-corrected chi connectivity index (χ4v) is 4.25. The van der Waals surface area contributed by atoms with Gasteiger partial charge in [0.15, 0.2) is 5.65 Å². The largest absolute Gasteiger partial charge is 0.391 e. The van der Waals surface area contributed by atoms with Crippen LogP contribution in [0.25, 0.3) is 5.65 Å². The SMILES string of the molecule is O[C@@H]1CNCC[C@H]1CNc1cc(Nc2cccc(F)c2)n2ncc(C3CCC3)c2n1. The van der Waals surface area contributed by atoms with Crippen molar-refractivity contribution in [2.24, 2.45) is 5.92 Å². The van der Waals surface area contributed by atoms with Gasteiger partial charge in [0.05, 0.1) is 12.3 Å². The molecule has 1 saturated carbocycles. The average molecular weight is 410 g/mol. The van der Waals surface area contributed by atoms with Gasteiger partial charge in [0.1, 0.15) is 17.5 Å². The lowest BCUT2D eigenvalue weighted by molar-refractivity contribution is 0.0883. The van der Waals surface area contributed by atoms with Crippen molar-refractivity contribution < 1.29 is 9.50 Å². The Balaban J connectivity index is 1.46. The molecule has 1 aromatic carbocycles. The molecule has 0 radical (unpaired) electrons. The van der Waals surface area contributed by atoms with Crippen LogP contribution in [0, 0.1) is 11.7 Å². The molecule has 3 aromatic rings. The first-order valence-corrected chi connectivity index (χ1v) is 10.7. The number of fused-ring (bicyclic) bond motifs is 1. The van der Waals surface area contributed by atoms with Gasteiger partial charge in [-0.25, -0.2) is 9.37 Å². The number of β-amino-alcohol motifs (C(OH)–C–C–N with tert-alkyl or cyclic N) is 1. The summed E-state index contributed by atoms with van der Waals surface area (Å²) in [6.45, 7) is 2.19. The predicted octanol–water partition coefficient (Wildman–Crippen LogP) is 3.26. The zero-order valence-corrected chi connectivity index (χ0v) is 16.8. The minimum Gasteiger partial charge on any atom is -0.391 e. The third-order valence-electron chi connectivity index (χ3n) is 6.28. The summed E-state index contributed by atoms with van der Waals surface area (Å²) in [5, 5.41) is 24.7. The Morgan fingerprint density at radius 1 is 1.23 bits per heavy atom. The third kappa shape index (κ3) is 3.85. The van der Waals surface area contributed by atoms with Crippen molar-refractivity contribution in [1.82, 2.24) is 19.9 Å². The van der Waals surface area contributed by atoms with Crippen LogP contribution in [-0.4, -0.2) is 45.4 Å². The number of hydrogen-bond donors (Lipinski definition) is 4. The minimum absolute atomic E-state index is 0.180. The Morgan fingerprint density at radius 3 is 2.90 bits per heavy atom. The van der Waals surface area contributed by atoms with Crippen LogP contribution < -0.4 is 16.0 Å². The van der Waals surface area contributed by atoms with E-state index in [4.69, 9.17) is 4.98 Å². The van der Waals surface area contributed by atoms with Crippen LogP contribution in [0.2, 0.25) is 0 Å². The summed E-state index contributed by atoms with van der Waals surface area (Å²) in [4.78, 5) is 4.85. The molecule has 2 atom stereocenters. The second-order valence-corrected chi connectivity index (χ2v) is 8.33. The smallest absolute Gasteiger partial charge is 0.163 e. The monoisotopic (exact) mass is 410 g/mol. The van der Waals surface area contributed by atoms with E-state index in [0.717, 1.165) is 48.7 Å². The number of anilines is 3. The lowest BCUT2D eigenvalue weighted by atomic mass is 9.81. The second kappa shape index (κ2) is 8.20. The van der Waals surface area contributed by atoms with Crippen LogP contribution >= 0.6 is 0 Å². The third-order valence-corrected chi connectivity index (χ3v) is 6.28. The highest BCUT2D eigenvalue weighted by Crippen LogP contribution is 2.38. The van der Waals surface area contributed by atoms with Gasteiger partial charge in [0.2, 0.25) is 0 Å². The molecule has 0 spiro atoms. The molecule has 2 fully saturated rings. The molecule has 3 heterocycles. The highest BCUT2D eigenvalue weighted by Gasteiger charge is 2.26. The number of rotatable bonds is 6. The fraction of sp³-hybridized carbons (Fsp3) is 0.455. The molecule has 158 valence electrons. The van der Waals surface area contributed by atoms with E-state index >= 15 is 0 Å². The van der Waals surface area contributed by atoms with Crippen LogP contribution in [0.3, 0.4) is 0 Å². The molecule has 0 amide bonds. The topological polar surface area (TPSA) is 86.5 Å². The van der Waals surface area contributed by atoms with Crippen molar-refractivity contribution in [2.75, 3.05) is 30.3 Å². The van der Waals surface area contributed by atoms with Crippen LogP contribution in [0.15, 0.2) is 36.5 Å². The van der Waals surface area contributed by atoms with Gasteiger partial charge in [-0.15, -0.1) is 0 Å². The van der Waals surface area contributed by atoms with Gasteiger partial charge >= 0.3 is 0 Å². The molecule has 2 aliphatic rings. The Bertz CT molecular complexity index is 1030. The number of aromatic nitrogens is 3. The normalized spacial score (nSPS) is 22.1. The van der Waals surface area contributed by atoms with Crippen molar-refractivity contribution in [1.29, 1.82) is 0 Å². The predicted molar refractivity (Wildman–Crippen MR) is 115 cm³/mol. The van der Waals surface area contributed by atoms with Crippen molar-refractivity contribution in [3.63, 3.8) is 0 Å². The van der Waals surface area contributed by atoms with E-state index in [1.807, 2.05) is 18.3 Å². The second-order valence-electron chi connectivity index (χ2n) is 8.33. The molecule has 4 N–H and O–H groups in total. The van der Waals surface area contributed by atoms with E-state index in [1.165, 1.54) is 18.6 Å². The van der Waals surface area contributed by atoms with E-state index < -0.39 is 0 Å².